The number of methoxy groups -OCH3 is 1. The van der Waals surface area contributed by atoms with Crippen LogP contribution in [0.1, 0.15) is 5.56 Å². The summed E-state index contributed by atoms with van der Waals surface area (Å²) in [4.78, 5) is 8.58. The second kappa shape index (κ2) is 5.41. The van der Waals surface area contributed by atoms with Crippen LogP contribution in [0.4, 0.5) is 0 Å². The van der Waals surface area contributed by atoms with Crippen LogP contribution < -0.4 is 15.2 Å². The van der Waals surface area contributed by atoms with Gasteiger partial charge in [-0.1, -0.05) is 0 Å². The van der Waals surface area contributed by atoms with Gasteiger partial charge in [0.25, 0.3) is 0 Å². The van der Waals surface area contributed by atoms with E-state index in [0.29, 0.717) is 23.9 Å². The highest BCUT2D eigenvalue weighted by atomic mass is 16.5. The van der Waals surface area contributed by atoms with Gasteiger partial charge < -0.3 is 19.8 Å². The van der Waals surface area contributed by atoms with Crippen LogP contribution >= 0.6 is 0 Å². The zero-order valence-electron chi connectivity index (χ0n) is 11.9. The minimum atomic E-state index is 0.411. The van der Waals surface area contributed by atoms with E-state index in [1.54, 1.807) is 25.7 Å². The molecule has 6 nitrogen and oxygen atoms in total. The molecule has 21 heavy (non-hydrogen) atoms. The Morgan fingerprint density at radius 2 is 2.00 bits per heavy atom. The largest absolute Gasteiger partial charge is 0.497 e. The molecule has 0 aliphatic heterocycles. The van der Waals surface area contributed by atoms with Crippen molar-refractivity contribution in [3.05, 3.63) is 42.4 Å². The van der Waals surface area contributed by atoms with Crippen molar-refractivity contribution in [3.8, 4) is 17.4 Å². The lowest BCUT2D eigenvalue weighted by Crippen LogP contribution is -1.98. The van der Waals surface area contributed by atoms with Crippen molar-refractivity contribution in [2.75, 3.05) is 7.11 Å². The molecule has 6 heteroatoms. The van der Waals surface area contributed by atoms with Crippen molar-refractivity contribution < 1.29 is 9.47 Å². The molecule has 3 aromatic rings. The fourth-order valence-electron chi connectivity index (χ4n) is 2.15. The third-order valence-corrected chi connectivity index (χ3v) is 3.24. The molecule has 0 radical (unpaired) electrons. The van der Waals surface area contributed by atoms with E-state index < -0.39 is 0 Å². The van der Waals surface area contributed by atoms with Crippen molar-refractivity contribution in [3.63, 3.8) is 0 Å². The van der Waals surface area contributed by atoms with Gasteiger partial charge in [0, 0.05) is 25.9 Å². The summed E-state index contributed by atoms with van der Waals surface area (Å²) in [5, 5.41) is 0. The van der Waals surface area contributed by atoms with Gasteiger partial charge in [0.05, 0.1) is 19.0 Å². The van der Waals surface area contributed by atoms with Gasteiger partial charge in [-0.3, -0.25) is 0 Å². The highest BCUT2D eigenvalue weighted by Crippen LogP contribution is 2.29. The van der Waals surface area contributed by atoms with Crippen molar-refractivity contribution in [1.82, 2.24) is 14.5 Å². The van der Waals surface area contributed by atoms with Gasteiger partial charge in [-0.05, 0) is 23.8 Å². The number of nitrogens with zero attached hydrogens (tertiary/aromatic N) is 3. The Morgan fingerprint density at radius 1 is 1.19 bits per heavy atom. The molecule has 0 atom stereocenters. The first kappa shape index (κ1) is 13.4. The first-order valence-electron chi connectivity index (χ1n) is 6.53. The average Bonchev–Trinajstić information content (AvgIpc) is 2.89. The van der Waals surface area contributed by atoms with Crippen LogP contribution in [0.3, 0.4) is 0 Å². The maximum Gasteiger partial charge on any atom is 0.247 e. The summed E-state index contributed by atoms with van der Waals surface area (Å²) in [5.74, 6) is 1.78. The molecular formula is C15H16N4O2. The first-order chi connectivity index (χ1) is 10.2. The lowest BCUT2D eigenvalue weighted by molar-refractivity contribution is 0.407. The highest BCUT2D eigenvalue weighted by molar-refractivity contribution is 5.80. The monoisotopic (exact) mass is 284 g/mol. The summed E-state index contributed by atoms with van der Waals surface area (Å²) in [5.41, 5.74) is 8.30. The van der Waals surface area contributed by atoms with Gasteiger partial charge in [-0.25, -0.2) is 9.97 Å². The van der Waals surface area contributed by atoms with E-state index in [2.05, 4.69) is 9.97 Å². The number of pyridine rings is 1. The molecule has 3 rings (SSSR count). The van der Waals surface area contributed by atoms with Gasteiger partial charge in [0.2, 0.25) is 5.88 Å². The number of imidazole rings is 1. The molecule has 0 amide bonds. The Balaban J connectivity index is 2.02. The smallest absolute Gasteiger partial charge is 0.247 e. The number of aromatic nitrogens is 3. The second-order valence-corrected chi connectivity index (χ2v) is 4.66. The molecule has 0 fully saturated rings. The van der Waals surface area contributed by atoms with Crippen LogP contribution in [0.5, 0.6) is 17.4 Å². The third kappa shape index (κ3) is 2.53. The Hall–Kier alpha value is -2.60. The Bertz CT molecular complexity index is 760. The van der Waals surface area contributed by atoms with E-state index in [1.165, 1.54) is 0 Å². The van der Waals surface area contributed by atoms with Gasteiger partial charge in [0.15, 0.2) is 5.52 Å². The maximum atomic E-state index is 5.87. The standard InChI is InChI=1S/C15H16N4O2/c1-19-9-18-14-13(19)3-4-17-15(14)21-12-6-10(8-16)5-11(7-12)20-2/h3-7,9H,8,16H2,1-2H3. The fraction of sp³-hybridized carbons (Fsp3) is 0.200. The Labute approximate surface area is 122 Å². The number of hydrogen-bond donors (Lipinski definition) is 1. The summed E-state index contributed by atoms with van der Waals surface area (Å²) < 4.78 is 13.0. The molecule has 108 valence electrons. The van der Waals surface area contributed by atoms with E-state index in [0.717, 1.165) is 16.6 Å². The third-order valence-electron chi connectivity index (χ3n) is 3.24. The van der Waals surface area contributed by atoms with Gasteiger partial charge in [0.1, 0.15) is 11.5 Å². The second-order valence-electron chi connectivity index (χ2n) is 4.66. The van der Waals surface area contributed by atoms with Crippen molar-refractivity contribution >= 4 is 11.0 Å². The summed E-state index contributed by atoms with van der Waals surface area (Å²) in [6.07, 6.45) is 3.43. The highest BCUT2D eigenvalue weighted by Gasteiger charge is 2.10. The Morgan fingerprint density at radius 3 is 2.76 bits per heavy atom. The zero-order valence-corrected chi connectivity index (χ0v) is 11.9. The van der Waals surface area contributed by atoms with Crippen molar-refractivity contribution in [1.29, 1.82) is 0 Å². The van der Waals surface area contributed by atoms with E-state index >= 15 is 0 Å². The molecule has 2 N–H and O–H groups in total. The molecular weight excluding hydrogens is 268 g/mol. The molecule has 2 heterocycles. The van der Waals surface area contributed by atoms with Crippen LogP contribution in [0.25, 0.3) is 11.0 Å². The van der Waals surface area contributed by atoms with E-state index in [1.807, 2.05) is 29.8 Å². The number of nitrogens with two attached hydrogens (primary N) is 1. The predicted octanol–water partition coefficient (Wildman–Crippen LogP) is 2.23. The van der Waals surface area contributed by atoms with E-state index in [4.69, 9.17) is 15.2 Å². The molecule has 0 bridgehead atoms. The minimum Gasteiger partial charge on any atom is -0.497 e. The van der Waals surface area contributed by atoms with Gasteiger partial charge in [-0.2, -0.15) is 0 Å². The van der Waals surface area contributed by atoms with Crippen LogP contribution in [0, 0.1) is 0 Å². The average molecular weight is 284 g/mol. The predicted molar refractivity (Wildman–Crippen MR) is 79.5 cm³/mol. The quantitative estimate of drug-likeness (QED) is 0.795. The molecule has 0 aliphatic carbocycles. The zero-order chi connectivity index (χ0) is 14.8. The summed E-state index contributed by atoms with van der Waals surface area (Å²) in [7, 11) is 3.54. The number of benzene rings is 1. The molecule has 0 aliphatic rings. The van der Waals surface area contributed by atoms with Crippen LogP contribution in [0.2, 0.25) is 0 Å². The molecule has 0 spiro atoms. The summed E-state index contributed by atoms with van der Waals surface area (Å²) in [6, 6.07) is 7.43. The lowest BCUT2D eigenvalue weighted by atomic mass is 10.2. The van der Waals surface area contributed by atoms with Crippen molar-refractivity contribution in [2.24, 2.45) is 12.8 Å². The van der Waals surface area contributed by atoms with Crippen LogP contribution in [0.15, 0.2) is 36.8 Å². The fourth-order valence-corrected chi connectivity index (χ4v) is 2.15. The van der Waals surface area contributed by atoms with Crippen molar-refractivity contribution in [2.45, 2.75) is 6.54 Å². The van der Waals surface area contributed by atoms with Gasteiger partial charge >= 0.3 is 0 Å². The molecule has 0 saturated carbocycles. The first-order valence-corrected chi connectivity index (χ1v) is 6.53. The molecule has 0 unspecified atom stereocenters. The van der Waals surface area contributed by atoms with E-state index in [9.17, 15) is 0 Å². The summed E-state index contributed by atoms with van der Waals surface area (Å²) >= 11 is 0. The number of ether oxygens (including phenoxy) is 2. The normalized spacial score (nSPS) is 10.8. The van der Waals surface area contributed by atoms with E-state index in [-0.39, 0.29) is 0 Å². The lowest BCUT2D eigenvalue weighted by Gasteiger charge is -2.09. The maximum absolute atomic E-state index is 5.87. The number of rotatable bonds is 4. The molecule has 0 saturated heterocycles. The van der Waals surface area contributed by atoms with Crippen LogP contribution in [-0.2, 0) is 13.6 Å². The topological polar surface area (TPSA) is 75.2 Å². The molecule has 2 aromatic heterocycles. The Kier molecular flexibility index (Phi) is 3.45. The number of fused-ring (bicyclic) bond motifs is 1. The summed E-state index contributed by atoms with van der Waals surface area (Å²) in [6.45, 7) is 0.411. The molecule has 1 aromatic carbocycles. The minimum absolute atomic E-state index is 0.411. The van der Waals surface area contributed by atoms with Gasteiger partial charge in [-0.15, -0.1) is 0 Å². The SMILES string of the molecule is COc1cc(CN)cc(Oc2nccc3c2ncn3C)c1. The number of hydrogen-bond acceptors (Lipinski definition) is 5. The number of aryl methyl sites for hydroxylation is 1. The van der Waals surface area contributed by atoms with Crippen LogP contribution in [-0.4, -0.2) is 21.6 Å².